The standard InChI is InChI=1S/C22H38N2O5S3.K.H/c1-2-3-4-5-6-7-8-9-10-11-18-31(25,26)21(20-23)13-14-22-24(16-17-30-22)15-12-19-32(27,28)29;;/h13-14H,2-12,15-19H2,1H3,(H,27,28,29);;. The average Bonchev–Trinajstić information content (AvgIpc) is 3.16. The second-order valence-electron chi connectivity index (χ2n) is 8.12. The molecule has 0 aromatic heterocycles. The van der Waals surface area contributed by atoms with E-state index in [1.54, 1.807) is 6.08 Å². The van der Waals surface area contributed by atoms with Crippen molar-refractivity contribution in [2.45, 2.75) is 77.6 Å². The van der Waals surface area contributed by atoms with Crippen LogP contribution in [0.25, 0.3) is 0 Å². The zero-order valence-corrected chi connectivity index (χ0v) is 21.6. The van der Waals surface area contributed by atoms with Crippen LogP contribution in [0, 0.1) is 11.3 Å². The van der Waals surface area contributed by atoms with Gasteiger partial charge in [0.25, 0.3) is 10.1 Å². The number of nitrogens with zero attached hydrogens (tertiary/aromatic N) is 2. The number of allylic oxidation sites excluding steroid dienone is 3. The number of hydrogen-bond donors (Lipinski definition) is 1. The van der Waals surface area contributed by atoms with E-state index in [1.807, 2.05) is 11.0 Å². The molecule has 11 heteroatoms. The van der Waals surface area contributed by atoms with Gasteiger partial charge in [0.2, 0.25) is 0 Å². The Morgan fingerprint density at radius 2 is 1.58 bits per heavy atom. The van der Waals surface area contributed by atoms with Gasteiger partial charge in [0, 0.05) is 18.8 Å². The maximum absolute atomic E-state index is 12.5. The van der Waals surface area contributed by atoms with E-state index in [-0.39, 0.29) is 74.2 Å². The van der Waals surface area contributed by atoms with Gasteiger partial charge in [0.1, 0.15) is 11.0 Å². The molecule has 1 fully saturated rings. The van der Waals surface area contributed by atoms with Crippen LogP contribution < -0.4 is 0 Å². The number of thioether (sulfide) groups is 1. The molecule has 1 N–H and O–H groups in total. The van der Waals surface area contributed by atoms with Gasteiger partial charge < -0.3 is 4.90 Å². The van der Waals surface area contributed by atoms with Gasteiger partial charge in [-0.05, 0) is 25.0 Å². The van der Waals surface area contributed by atoms with Crippen molar-refractivity contribution >= 4 is 83.1 Å². The molecule has 0 spiro atoms. The van der Waals surface area contributed by atoms with Gasteiger partial charge in [-0.2, -0.15) is 13.7 Å². The predicted octanol–water partition coefficient (Wildman–Crippen LogP) is 4.25. The predicted molar refractivity (Wildman–Crippen MR) is 140 cm³/mol. The zero-order chi connectivity index (χ0) is 23.9. The summed E-state index contributed by atoms with van der Waals surface area (Å²) in [6.45, 7) is 3.36. The molecule has 0 radical (unpaired) electrons. The van der Waals surface area contributed by atoms with E-state index in [2.05, 4.69) is 6.92 Å². The van der Waals surface area contributed by atoms with Crippen LogP contribution in [0.2, 0.25) is 0 Å². The first-order valence-electron chi connectivity index (χ1n) is 11.6. The second-order valence-corrected chi connectivity index (χ2v) is 12.9. The van der Waals surface area contributed by atoms with E-state index in [9.17, 15) is 22.1 Å². The van der Waals surface area contributed by atoms with Crippen molar-refractivity contribution in [1.82, 2.24) is 4.90 Å². The van der Waals surface area contributed by atoms with Crippen LogP contribution in [0.5, 0.6) is 0 Å². The van der Waals surface area contributed by atoms with Crippen molar-refractivity contribution < 1.29 is 21.4 Å². The molecule has 0 atom stereocenters. The first kappa shape index (κ1) is 33.6. The second kappa shape index (κ2) is 18.8. The van der Waals surface area contributed by atoms with Crippen molar-refractivity contribution in [3.8, 4) is 6.07 Å². The zero-order valence-electron chi connectivity index (χ0n) is 19.2. The molecule has 0 aromatic carbocycles. The molecular weight excluding hydrogens is 508 g/mol. The van der Waals surface area contributed by atoms with Gasteiger partial charge in [-0.1, -0.05) is 64.7 Å². The first-order chi connectivity index (χ1) is 15.2. The molecular formula is C22H39KN2O5S3. The topological polar surface area (TPSA) is 116 Å². The Hall–Kier alpha value is 0.616. The van der Waals surface area contributed by atoms with E-state index in [4.69, 9.17) is 4.55 Å². The summed E-state index contributed by atoms with van der Waals surface area (Å²) in [4.78, 5) is 1.71. The minimum absolute atomic E-state index is 0. The Morgan fingerprint density at radius 3 is 2.12 bits per heavy atom. The average molecular weight is 547 g/mol. The van der Waals surface area contributed by atoms with Crippen LogP contribution in [0.4, 0.5) is 0 Å². The SMILES string of the molecule is CCCCCCCCCCCCS(=O)(=O)C(C#N)=CC=C1SCCN1CCCS(=O)(=O)O.[KH]. The summed E-state index contributed by atoms with van der Waals surface area (Å²) in [6.07, 6.45) is 14.4. The van der Waals surface area contributed by atoms with Gasteiger partial charge in [0.05, 0.1) is 16.5 Å². The normalized spacial score (nSPS) is 16.1. The van der Waals surface area contributed by atoms with E-state index in [0.29, 0.717) is 19.5 Å². The molecule has 7 nitrogen and oxygen atoms in total. The van der Waals surface area contributed by atoms with Crippen molar-refractivity contribution in [2.75, 3.05) is 30.3 Å². The third-order valence-corrected chi connectivity index (χ3v) is 8.95. The number of nitriles is 1. The summed E-state index contributed by atoms with van der Waals surface area (Å²) in [7, 11) is -7.60. The first-order valence-corrected chi connectivity index (χ1v) is 15.8. The van der Waals surface area contributed by atoms with Crippen LogP contribution in [0.3, 0.4) is 0 Å². The van der Waals surface area contributed by atoms with Gasteiger partial charge >= 0.3 is 51.4 Å². The third-order valence-electron chi connectivity index (χ3n) is 5.34. The van der Waals surface area contributed by atoms with Crippen molar-refractivity contribution in [2.24, 2.45) is 0 Å². The Morgan fingerprint density at radius 1 is 1.00 bits per heavy atom. The van der Waals surface area contributed by atoms with Crippen LogP contribution >= 0.6 is 11.8 Å². The van der Waals surface area contributed by atoms with Crippen LogP contribution in [0.1, 0.15) is 77.6 Å². The van der Waals surface area contributed by atoms with E-state index >= 15 is 0 Å². The minimum atomic E-state index is -3.99. The van der Waals surface area contributed by atoms with E-state index < -0.39 is 20.0 Å². The van der Waals surface area contributed by atoms with Gasteiger partial charge in [-0.3, -0.25) is 4.55 Å². The number of sulfone groups is 1. The number of hydrogen-bond acceptors (Lipinski definition) is 7. The fourth-order valence-electron chi connectivity index (χ4n) is 3.52. The van der Waals surface area contributed by atoms with Gasteiger partial charge in [-0.25, -0.2) is 8.42 Å². The number of unbranched alkanes of at least 4 members (excludes halogenated alkanes) is 9. The van der Waals surface area contributed by atoms with Crippen molar-refractivity contribution in [3.05, 3.63) is 22.1 Å². The monoisotopic (exact) mass is 546 g/mol. The summed E-state index contributed by atoms with van der Waals surface area (Å²) >= 11 is 1.53. The van der Waals surface area contributed by atoms with Crippen molar-refractivity contribution in [3.63, 3.8) is 0 Å². The molecule has 0 aromatic rings. The van der Waals surface area contributed by atoms with E-state index in [1.165, 1.54) is 56.4 Å². The third kappa shape index (κ3) is 16.1. The molecule has 1 saturated heterocycles. The molecule has 1 heterocycles. The summed E-state index contributed by atoms with van der Waals surface area (Å²) < 4.78 is 55.6. The van der Waals surface area contributed by atoms with E-state index in [0.717, 1.165) is 30.0 Å². The Kier molecular flexibility index (Phi) is 19.2. The van der Waals surface area contributed by atoms with Gasteiger partial charge in [-0.15, -0.1) is 11.8 Å². The fourth-order valence-corrected chi connectivity index (χ4v) is 6.28. The van der Waals surface area contributed by atoms with Crippen molar-refractivity contribution in [1.29, 1.82) is 5.26 Å². The fraction of sp³-hybridized carbons (Fsp3) is 0.773. The summed E-state index contributed by atoms with van der Waals surface area (Å²) in [5, 5.41) is 10.2. The molecule has 1 rings (SSSR count). The Bertz CT molecular complexity index is 865. The van der Waals surface area contributed by atoms with Crippen LogP contribution in [0.15, 0.2) is 22.1 Å². The molecule has 0 unspecified atom stereocenters. The summed E-state index contributed by atoms with van der Waals surface area (Å²) in [6, 6.07) is 1.82. The van der Waals surface area contributed by atoms with Crippen LogP contribution in [-0.2, 0) is 20.0 Å². The molecule has 0 aliphatic carbocycles. The summed E-state index contributed by atoms with van der Waals surface area (Å²) in [5.74, 6) is 0.476. The number of rotatable bonds is 17. The molecule has 33 heavy (non-hydrogen) atoms. The Labute approximate surface area is 247 Å². The molecule has 0 bridgehead atoms. The van der Waals surface area contributed by atoms with Gasteiger partial charge in [0.15, 0.2) is 9.84 Å². The molecule has 186 valence electrons. The molecule has 0 saturated carbocycles. The summed E-state index contributed by atoms with van der Waals surface area (Å²) in [5.41, 5.74) is 0. The molecule has 1 aliphatic rings. The maximum atomic E-state index is 12.5. The Balaban J connectivity index is 0.0000102. The molecule has 1 aliphatic heterocycles. The quantitative estimate of drug-likeness (QED) is 0.125. The molecule has 0 amide bonds. The van der Waals surface area contributed by atoms with Crippen LogP contribution in [-0.4, -0.2) is 108 Å².